The molecule has 0 saturated carbocycles. The number of nitriles is 1. The van der Waals surface area contributed by atoms with Gasteiger partial charge in [-0.15, -0.1) is 0 Å². The Balaban J connectivity index is 2.34. The predicted molar refractivity (Wildman–Crippen MR) is 94.1 cm³/mol. The molecule has 2 aromatic rings. The highest BCUT2D eigenvalue weighted by atomic mass is 35.5. The molecule has 2 aromatic carbocycles. The highest BCUT2D eigenvalue weighted by molar-refractivity contribution is 7.95. The third kappa shape index (κ3) is 4.73. The van der Waals surface area contributed by atoms with Gasteiger partial charge in [-0.25, -0.2) is 8.42 Å². The molecule has 3 nitrogen and oxygen atoms in total. The van der Waals surface area contributed by atoms with Crippen LogP contribution in [0.2, 0.25) is 15.1 Å². The Kier molecular flexibility index (Phi) is 5.72. The van der Waals surface area contributed by atoms with E-state index >= 15 is 0 Å². The second-order valence-electron chi connectivity index (χ2n) is 4.68. The largest absolute Gasteiger partial charge is 0.223 e. The van der Waals surface area contributed by atoms with Crippen molar-refractivity contribution < 1.29 is 8.42 Å². The molecular weight excluding hydrogens is 377 g/mol. The van der Waals surface area contributed by atoms with Crippen LogP contribution in [0.1, 0.15) is 11.1 Å². The Labute approximate surface area is 149 Å². The fraction of sp³-hybridized carbons (Fsp3) is 0.0625. The molecule has 0 aromatic heterocycles. The average molecular weight is 387 g/mol. The molecule has 0 heterocycles. The molecule has 0 radical (unpaired) electrons. The molecule has 23 heavy (non-hydrogen) atoms. The second-order valence-corrected chi connectivity index (χ2v) is 7.89. The van der Waals surface area contributed by atoms with E-state index < -0.39 is 9.84 Å². The number of halogens is 3. The zero-order valence-corrected chi connectivity index (χ0v) is 14.7. The average Bonchev–Trinajstić information content (AvgIpc) is 2.50. The Hall–Kier alpha value is -1.51. The first-order valence-electron chi connectivity index (χ1n) is 6.36. The molecule has 7 heteroatoms. The van der Waals surface area contributed by atoms with Crippen LogP contribution in [-0.2, 0) is 15.6 Å². The van der Waals surface area contributed by atoms with E-state index in [2.05, 4.69) is 0 Å². The molecule has 0 aliphatic heterocycles. The summed E-state index contributed by atoms with van der Waals surface area (Å²) in [4.78, 5) is -0.342. The zero-order valence-electron chi connectivity index (χ0n) is 11.6. The van der Waals surface area contributed by atoms with Crippen LogP contribution in [-0.4, -0.2) is 8.42 Å². The van der Waals surface area contributed by atoms with Crippen LogP contribution in [0.25, 0.3) is 6.08 Å². The Morgan fingerprint density at radius 3 is 2.26 bits per heavy atom. The number of nitrogens with zero attached hydrogens (tertiary/aromatic N) is 1. The highest BCUT2D eigenvalue weighted by Crippen LogP contribution is 2.25. The van der Waals surface area contributed by atoms with Gasteiger partial charge < -0.3 is 0 Å². The fourth-order valence-electron chi connectivity index (χ4n) is 1.82. The predicted octanol–water partition coefficient (Wildman–Crippen LogP) is 5.13. The summed E-state index contributed by atoms with van der Waals surface area (Å²) < 4.78 is 24.8. The topological polar surface area (TPSA) is 57.9 Å². The molecule has 0 aliphatic carbocycles. The van der Waals surface area contributed by atoms with Gasteiger partial charge in [-0.2, -0.15) is 5.26 Å². The second kappa shape index (κ2) is 7.37. The highest BCUT2D eigenvalue weighted by Gasteiger charge is 2.18. The van der Waals surface area contributed by atoms with Gasteiger partial charge in [0.25, 0.3) is 0 Å². The van der Waals surface area contributed by atoms with E-state index in [4.69, 9.17) is 34.8 Å². The number of allylic oxidation sites excluding steroid dienone is 1. The Bertz CT molecular complexity index is 898. The molecule has 118 valence electrons. The van der Waals surface area contributed by atoms with Gasteiger partial charge in [0.1, 0.15) is 11.0 Å². The van der Waals surface area contributed by atoms with E-state index in [0.29, 0.717) is 21.2 Å². The smallest absolute Gasteiger partial charge is 0.192 e. The number of hydrogen-bond donors (Lipinski definition) is 0. The summed E-state index contributed by atoms with van der Waals surface area (Å²) in [7, 11) is -3.78. The van der Waals surface area contributed by atoms with Crippen molar-refractivity contribution in [2.45, 2.75) is 5.75 Å². The summed E-state index contributed by atoms with van der Waals surface area (Å²) in [5.41, 5.74) is 1.03. The molecule has 0 saturated heterocycles. The number of rotatable bonds is 4. The molecule has 2 rings (SSSR count). The van der Waals surface area contributed by atoms with Crippen molar-refractivity contribution >= 4 is 50.7 Å². The van der Waals surface area contributed by atoms with E-state index in [0.717, 1.165) is 0 Å². The van der Waals surface area contributed by atoms with E-state index in [9.17, 15) is 13.7 Å². The summed E-state index contributed by atoms with van der Waals surface area (Å²) in [6.07, 6.45) is 1.27. The van der Waals surface area contributed by atoms with E-state index in [-0.39, 0.29) is 15.7 Å². The van der Waals surface area contributed by atoms with Crippen LogP contribution >= 0.6 is 34.8 Å². The maximum absolute atomic E-state index is 12.4. The minimum Gasteiger partial charge on any atom is -0.223 e. The van der Waals surface area contributed by atoms with Crippen molar-refractivity contribution in [3.05, 3.63) is 73.6 Å². The third-order valence-electron chi connectivity index (χ3n) is 2.96. The maximum Gasteiger partial charge on any atom is 0.192 e. The van der Waals surface area contributed by atoms with Crippen molar-refractivity contribution in [3.8, 4) is 6.07 Å². The lowest BCUT2D eigenvalue weighted by molar-refractivity contribution is 0.602. The lowest BCUT2D eigenvalue weighted by Gasteiger charge is -2.04. The van der Waals surface area contributed by atoms with Crippen LogP contribution in [0.15, 0.2) is 47.4 Å². The standard InChI is InChI=1S/C16H10Cl3NO2S/c17-13-4-1-11(2-5-13)10-23(21,22)14(9-20)7-12-3-6-15(18)16(19)8-12/h1-8H,10H2/b14-7-. The minimum absolute atomic E-state index is 0.285. The maximum atomic E-state index is 12.4. The van der Waals surface area contributed by atoms with Crippen molar-refractivity contribution in [2.75, 3.05) is 0 Å². The van der Waals surface area contributed by atoms with Crippen molar-refractivity contribution in [2.24, 2.45) is 0 Å². The van der Waals surface area contributed by atoms with Gasteiger partial charge in [0.2, 0.25) is 0 Å². The number of benzene rings is 2. The van der Waals surface area contributed by atoms with Crippen molar-refractivity contribution in [1.82, 2.24) is 0 Å². The number of sulfone groups is 1. The fourth-order valence-corrected chi connectivity index (χ4v) is 3.50. The lowest BCUT2D eigenvalue weighted by Crippen LogP contribution is -2.06. The van der Waals surface area contributed by atoms with Crippen molar-refractivity contribution in [1.29, 1.82) is 5.26 Å². The van der Waals surface area contributed by atoms with E-state index in [1.165, 1.54) is 18.2 Å². The molecule has 0 bridgehead atoms. The minimum atomic E-state index is -3.78. The normalized spacial score (nSPS) is 12.0. The summed E-state index contributed by atoms with van der Waals surface area (Å²) in [6, 6.07) is 12.8. The lowest BCUT2D eigenvalue weighted by atomic mass is 10.2. The Morgan fingerprint density at radius 2 is 1.70 bits per heavy atom. The molecule has 0 unspecified atom stereocenters. The molecule has 0 aliphatic rings. The number of hydrogen-bond acceptors (Lipinski definition) is 3. The molecule has 0 spiro atoms. The van der Waals surface area contributed by atoms with Gasteiger partial charge >= 0.3 is 0 Å². The molecule has 0 N–H and O–H groups in total. The van der Waals surface area contributed by atoms with Crippen LogP contribution in [0.4, 0.5) is 0 Å². The van der Waals surface area contributed by atoms with E-state index in [1.807, 2.05) is 0 Å². The third-order valence-corrected chi connectivity index (χ3v) is 5.54. The van der Waals surface area contributed by atoms with Crippen LogP contribution < -0.4 is 0 Å². The molecule has 0 amide bonds. The summed E-state index contributed by atoms with van der Waals surface area (Å²) in [5, 5.41) is 10.3. The van der Waals surface area contributed by atoms with Crippen molar-refractivity contribution in [3.63, 3.8) is 0 Å². The van der Waals surface area contributed by atoms with Gasteiger partial charge in [0.15, 0.2) is 9.84 Å². The Morgan fingerprint density at radius 1 is 1.04 bits per heavy atom. The molecular formula is C16H10Cl3NO2S. The van der Waals surface area contributed by atoms with Gasteiger partial charge in [-0.05, 0) is 41.5 Å². The first kappa shape index (κ1) is 17.8. The van der Waals surface area contributed by atoms with Gasteiger partial charge in [0, 0.05) is 5.02 Å². The summed E-state index contributed by atoms with van der Waals surface area (Å²) in [6.45, 7) is 0. The monoisotopic (exact) mass is 385 g/mol. The summed E-state index contributed by atoms with van der Waals surface area (Å²) in [5.74, 6) is -0.287. The van der Waals surface area contributed by atoms with E-state index in [1.54, 1.807) is 36.4 Å². The van der Waals surface area contributed by atoms with Gasteiger partial charge in [-0.1, -0.05) is 53.0 Å². The van der Waals surface area contributed by atoms with Gasteiger partial charge in [0.05, 0.1) is 15.8 Å². The SMILES string of the molecule is N#C/C(=C/c1ccc(Cl)c(Cl)c1)S(=O)(=O)Cc1ccc(Cl)cc1. The quantitative estimate of drug-likeness (QED) is 0.685. The molecule has 0 fully saturated rings. The van der Waals surface area contributed by atoms with Crippen LogP contribution in [0, 0.1) is 11.3 Å². The first-order chi connectivity index (χ1) is 10.8. The van der Waals surface area contributed by atoms with Crippen LogP contribution in [0.5, 0.6) is 0 Å². The molecule has 0 atom stereocenters. The first-order valence-corrected chi connectivity index (χ1v) is 9.14. The van der Waals surface area contributed by atoms with Crippen LogP contribution in [0.3, 0.4) is 0 Å². The zero-order chi connectivity index (χ0) is 17.0. The summed E-state index contributed by atoms with van der Waals surface area (Å²) >= 11 is 17.5. The van der Waals surface area contributed by atoms with Gasteiger partial charge in [-0.3, -0.25) is 0 Å².